The van der Waals surface area contributed by atoms with Gasteiger partial charge in [-0.3, -0.25) is 4.79 Å². The first-order valence-electron chi connectivity index (χ1n) is 3.24. The largest absolute Gasteiger partial charge is 0.296 e. The molecule has 1 heterocycles. The van der Waals surface area contributed by atoms with Gasteiger partial charge >= 0.3 is 0 Å². The fraction of sp³-hybridized carbons (Fsp3) is 0.286. The number of halogens is 1. The lowest BCUT2D eigenvalue weighted by Crippen LogP contribution is -1.98. The maximum absolute atomic E-state index is 10.4. The van der Waals surface area contributed by atoms with Crippen LogP contribution in [0.5, 0.6) is 0 Å². The van der Waals surface area contributed by atoms with Gasteiger partial charge in [0.25, 0.3) is 0 Å². The van der Waals surface area contributed by atoms with Gasteiger partial charge in [0.1, 0.15) is 10.3 Å². The Morgan fingerprint density at radius 2 is 2.45 bits per heavy atom. The Labute approximate surface area is 73.0 Å². The highest BCUT2D eigenvalue weighted by Crippen LogP contribution is 2.07. The number of nitrogens with zero attached hydrogens (tertiary/aromatic N) is 2. The molecule has 0 aliphatic carbocycles. The average Bonchev–Trinajstić information content (AvgIpc) is 2.04. The summed E-state index contributed by atoms with van der Waals surface area (Å²) >= 11 is 3.18. The maximum atomic E-state index is 10.4. The molecule has 0 spiro atoms. The van der Waals surface area contributed by atoms with E-state index in [0.717, 1.165) is 18.4 Å². The van der Waals surface area contributed by atoms with Crippen LogP contribution in [0.25, 0.3) is 0 Å². The van der Waals surface area contributed by atoms with Gasteiger partial charge in [0.15, 0.2) is 6.29 Å². The summed E-state index contributed by atoms with van der Waals surface area (Å²) < 4.78 is 0.667. The van der Waals surface area contributed by atoms with Crippen LogP contribution < -0.4 is 0 Å². The molecule has 1 aromatic rings. The summed E-state index contributed by atoms with van der Waals surface area (Å²) in [7, 11) is 0. The fourth-order valence-electron chi connectivity index (χ4n) is 0.771. The summed E-state index contributed by atoms with van der Waals surface area (Å²) in [5.74, 6) is 0. The Kier molecular flexibility index (Phi) is 2.70. The lowest BCUT2D eigenvalue weighted by molar-refractivity contribution is 0.111. The van der Waals surface area contributed by atoms with Crippen LogP contribution in [-0.4, -0.2) is 16.3 Å². The first-order valence-corrected chi connectivity index (χ1v) is 4.03. The standard InChI is InChI=1S/C7H7BrN2O/c1-2-5-6(4-11)9-3-7(8)10-5/h3-4H,2H2,1H3. The van der Waals surface area contributed by atoms with Gasteiger partial charge in [-0.05, 0) is 22.4 Å². The average molecular weight is 215 g/mol. The zero-order valence-corrected chi connectivity index (χ0v) is 7.63. The number of aryl methyl sites for hydroxylation is 1. The molecule has 0 atom stereocenters. The third kappa shape index (κ3) is 1.83. The van der Waals surface area contributed by atoms with E-state index in [1.54, 1.807) is 0 Å². The molecule has 58 valence electrons. The second-order valence-electron chi connectivity index (χ2n) is 2.00. The predicted octanol–water partition coefficient (Wildman–Crippen LogP) is 1.61. The molecule has 0 unspecified atom stereocenters. The molecule has 0 saturated heterocycles. The molecule has 0 saturated carbocycles. The third-order valence-electron chi connectivity index (χ3n) is 1.29. The summed E-state index contributed by atoms with van der Waals surface area (Å²) in [6.45, 7) is 1.93. The summed E-state index contributed by atoms with van der Waals surface area (Å²) in [6, 6.07) is 0. The number of hydrogen-bond acceptors (Lipinski definition) is 3. The Balaban J connectivity index is 3.16. The Bertz CT molecular complexity index is 275. The van der Waals surface area contributed by atoms with Gasteiger partial charge in [-0.1, -0.05) is 6.92 Å². The predicted molar refractivity (Wildman–Crippen MR) is 44.5 cm³/mol. The van der Waals surface area contributed by atoms with Crippen molar-refractivity contribution in [1.82, 2.24) is 9.97 Å². The second kappa shape index (κ2) is 3.57. The number of carbonyl (C=O) groups is 1. The third-order valence-corrected chi connectivity index (χ3v) is 1.68. The molecule has 0 radical (unpaired) electrons. The quantitative estimate of drug-likeness (QED) is 0.704. The van der Waals surface area contributed by atoms with E-state index in [2.05, 4.69) is 25.9 Å². The van der Waals surface area contributed by atoms with E-state index >= 15 is 0 Å². The van der Waals surface area contributed by atoms with Crippen molar-refractivity contribution in [3.05, 3.63) is 22.2 Å². The molecular weight excluding hydrogens is 208 g/mol. The minimum Gasteiger partial charge on any atom is -0.296 e. The number of hydrogen-bond donors (Lipinski definition) is 0. The van der Waals surface area contributed by atoms with Crippen molar-refractivity contribution in [2.24, 2.45) is 0 Å². The van der Waals surface area contributed by atoms with Crippen molar-refractivity contribution in [2.45, 2.75) is 13.3 Å². The van der Waals surface area contributed by atoms with E-state index in [1.165, 1.54) is 6.20 Å². The summed E-state index contributed by atoms with van der Waals surface area (Å²) in [5.41, 5.74) is 1.16. The van der Waals surface area contributed by atoms with Crippen molar-refractivity contribution in [1.29, 1.82) is 0 Å². The minimum absolute atomic E-state index is 0.427. The van der Waals surface area contributed by atoms with Gasteiger partial charge in [0, 0.05) is 0 Å². The SMILES string of the molecule is CCc1nc(Br)cnc1C=O. The lowest BCUT2D eigenvalue weighted by Gasteiger charge is -1.98. The zero-order valence-electron chi connectivity index (χ0n) is 6.04. The molecule has 0 bridgehead atoms. The van der Waals surface area contributed by atoms with E-state index in [9.17, 15) is 4.79 Å². The van der Waals surface area contributed by atoms with E-state index in [1.807, 2.05) is 6.92 Å². The molecular formula is C7H7BrN2O. The highest BCUT2D eigenvalue weighted by molar-refractivity contribution is 9.10. The van der Waals surface area contributed by atoms with Crippen LogP contribution in [0.3, 0.4) is 0 Å². The van der Waals surface area contributed by atoms with Crippen LogP contribution in [0.2, 0.25) is 0 Å². The van der Waals surface area contributed by atoms with E-state index < -0.39 is 0 Å². The van der Waals surface area contributed by atoms with E-state index in [0.29, 0.717) is 10.3 Å². The van der Waals surface area contributed by atoms with Crippen molar-refractivity contribution in [3.8, 4) is 0 Å². The van der Waals surface area contributed by atoms with Crippen LogP contribution in [-0.2, 0) is 6.42 Å². The second-order valence-corrected chi connectivity index (χ2v) is 2.81. The molecule has 3 nitrogen and oxygen atoms in total. The van der Waals surface area contributed by atoms with Crippen LogP contribution in [0, 0.1) is 0 Å². The molecule has 1 rings (SSSR count). The van der Waals surface area contributed by atoms with Gasteiger partial charge in [0.05, 0.1) is 11.9 Å². The molecule has 1 aromatic heterocycles. The van der Waals surface area contributed by atoms with Crippen molar-refractivity contribution >= 4 is 22.2 Å². The zero-order chi connectivity index (χ0) is 8.27. The highest BCUT2D eigenvalue weighted by atomic mass is 79.9. The molecule has 11 heavy (non-hydrogen) atoms. The Morgan fingerprint density at radius 1 is 1.73 bits per heavy atom. The number of rotatable bonds is 2. The number of aromatic nitrogens is 2. The summed E-state index contributed by atoms with van der Waals surface area (Å²) in [5, 5.41) is 0. The van der Waals surface area contributed by atoms with Crippen molar-refractivity contribution in [3.63, 3.8) is 0 Å². The minimum atomic E-state index is 0.427. The molecule has 0 aromatic carbocycles. The molecule has 0 aliphatic rings. The fourth-order valence-corrected chi connectivity index (χ4v) is 1.09. The normalized spacial score (nSPS) is 9.64. The number of aldehydes is 1. The topological polar surface area (TPSA) is 42.9 Å². The highest BCUT2D eigenvalue weighted by Gasteiger charge is 2.02. The van der Waals surface area contributed by atoms with Gasteiger partial charge < -0.3 is 0 Å². The van der Waals surface area contributed by atoms with Crippen LogP contribution >= 0.6 is 15.9 Å². The van der Waals surface area contributed by atoms with Crippen LogP contribution in [0.4, 0.5) is 0 Å². The maximum Gasteiger partial charge on any atom is 0.170 e. The Morgan fingerprint density at radius 3 is 3.00 bits per heavy atom. The molecule has 4 heteroatoms. The number of carbonyl (C=O) groups excluding carboxylic acids is 1. The first kappa shape index (κ1) is 8.33. The van der Waals surface area contributed by atoms with Gasteiger partial charge in [-0.15, -0.1) is 0 Å². The summed E-state index contributed by atoms with van der Waals surface area (Å²) in [4.78, 5) is 18.4. The van der Waals surface area contributed by atoms with Gasteiger partial charge in [-0.2, -0.15) is 0 Å². The Hall–Kier alpha value is -0.770. The molecule has 0 N–H and O–H groups in total. The lowest BCUT2D eigenvalue weighted by atomic mass is 10.3. The monoisotopic (exact) mass is 214 g/mol. The smallest absolute Gasteiger partial charge is 0.170 e. The van der Waals surface area contributed by atoms with Crippen molar-refractivity contribution < 1.29 is 4.79 Å². The molecule has 0 fully saturated rings. The first-order chi connectivity index (χ1) is 5.27. The van der Waals surface area contributed by atoms with E-state index in [4.69, 9.17) is 0 Å². The van der Waals surface area contributed by atoms with Gasteiger partial charge in [-0.25, -0.2) is 9.97 Å². The molecule has 0 aliphatic heterocycles. The summed E-state index contributed by atoms with van der Waals surface area (Å²) in [6.07, 6.45) is 2.96. The van der Waals surface area contributed by atoms with Gasteiger partial charge in [0.2, 0.25) is 0 Å². The van der Waals surface area contributed by atoms with Crippen LogP contribution in [0.1, 0.15) is 23.1 Å². The van der Waals surface area contributed by atoms with Crippen LogP contribution in [0.15, 0.2) is 10.8 Å². The van der Waals surface area contributed by atoms with E-state index in [-0.39, 0.29) is 0 Å². The van der Waals surface area contributed by atoms with Crippen molar-refractivity contribution in [2.75, 3.05) is 0 Å². The molecule has 0 amide bonds.